The molecule has 2 saturated heterocycles. The minimum Gasteiger partial charge on any atom is -0.442 e. The van der Waals surface area contributed by atoms with E-state index in [2.05, 4.69) is 30.4 Å². The fraction of sp³-hybridized carbons (Fsp3) is 0.462. The fourth-order valence-electron chi connectivity index (χ4n) is 2.59. The van der Waals surface area contributed by atoms with Gasteiger partial charge in [0.2, 0.25) is 0 Å². The Hall–Kier alpha value is -1.55. The Kier molecular flexibility index (Phi) is 2.52. The lowest BCUT2D eigenvalue weighted by atomic mass is 10.1. The van der Waals surface area contributed by atoms with Gasteiger partial charge >= 0.3 is 6.09 Å². The molecular weight excluding hydrogens is 216 g/mol. The van der Waals surface area contributed by atoms with Crippen molar-refractivity contribution >= 4 is 6.09 Å². The minimum absolute atomic E-state index is 0.0345. The highest BCUT2D eigenvalue weighted by atomic mass is 16.6. The number of aryl methyl sites for hydroxylation is 1. The first-order valence-electron chi connectivity index (χ1n) is 5.97. The summed E-state index contributed by atoms with van der Waals surface area (Å²) in [5.74, 6) is 0. The zero-order valence-electron chi connectivity index (χ0n) is 9.85. The molecule has 0 saturated carbocycles. The highest BCUT2D eigenvalue weighted by molar-refractivity contribution is 5.71. The van der Waals surface area contributed by atoms with Gasteiger partial charge in [0.15, 0.2) is 0 Å². The number of hydrogen-bond donors (Lipinski definition) is 1. The molecule has 1 aromatic carbocycles. The molecule has 1 aromatic rings. The molecule has 2 fully saturated rings. The van der Waals surface area contributed by atoms with Gasteiger partial charge in [-0.2, -0.15) is 0 Å². The van der Waals surface area contributed by atoms with E-state index in [1.54, 1.807) is 0 Å². The smallest absolute Gasteiger partial charge is 0.410 e. The number of fused-ring (bicyclic) bond motifs is 1. The van der Waals surface area contributed by atoms with Crippen LogP contribution in [0.3, 0.4) is 0 Å². The summed E-state index contributed by atoms with van der Waals surface area (Å²) in [5.41, 5.74) is 2.38. The monoisotopic (exact) mass is 232 g/mol. The summed E-state index contributed by atoms with van der Waals surface area (Å²) in [5, 5.41) is 3.25. The second kappa shape index (κ2) is 4.04. The summed E-state index contributed by atoms with van der Waals surface area (Å²) in [6.45, 7) is 4.32. The fourth-order valence-corrected chi connectivity index (χ4v) is 2.59. The molecule has 2 unspecified atom stereocenters. The highest BCUT2D eigenvalue weighted by Crippen LogP contribution is 2.24. The number of rotatable bonds is 2. The van der Waals surface area contributed by atoms with Gasteiger partial charge in [-0.1, -0.05) is 29.8 Å². The number of hydrogen-bond acceptors (Lipinski definition) is 3. The van der Waals surface area contributed by atoms with Gasteiger partial charge in [0.1, 0.15) is 6.10 Å². The van der Waals surface area contributed by atoms with Crippen LogP contribution in [-0.4, -0.2) is 36.2 Å². The van der Waals surface area contributed by atoms with Crippen LogP contribution in [0.25, 0.3) is 0 Å². The van der Waals surface area contributed by atoms with Crippen LogP contribution < -0.4 is 5.32 Å². The van der Waals surface area contributed by atoms with Crippen LogP contribution in [0.2, 0.25) is 0 Å². The molecule has 17 heavy (non-hydrogen) atoms. The number of benzene rings is 1. The van der Waals surface area contributed by atoms with Gasteiger partial charge in [-0.05, 0) is 12.5 Å². The zero-order valence-corrected chi connectivity index (χ0v) is 9.85. The van der Waals surface area contributed by atoms with Crippen LogP contribution in [-0.2, 0) is 11.3 Å². The van der Waals surface area contributed by atoms with Crippen LogP contribution >= 0.6 is 0 Å². The highest BCUT2D eigenvalue weighted by Gasteiger charge is 2.44. The summed E-state index contributed by atoms with van der Waals surface area (Å²) in [6, 6.07) is 8.45. The molecule has 1 N–H and O–H groups in total. The predicted molar refractivity (Wildman–Crippen MR) is 63.6 cm³/mol. The van der Waals surface area contributed by atoms with Crippen molar-refractivity contribution in [3.05, 3.63) is 35.4 Å². The summed E-state index contributed by atoms with van der Waals surface area (Å²) in [7, 11) is 0. The van der Waals surface area contributed by atoms with Crippen molar-refractivity contribution in [1.29, 1.82) is 0 Å². The number of carbonyl (C=O) groups is 1. The second-order valence-electron chi connectivity index (χ2n) is 4.76. The standard InChI is InChI=1S/C13H16N2O2/c1-9-3-2-4-10(5-9)8-15-11-6-14-7-12(11)17-13(15)16/h2-5,11-12,14H,6-8H2,1H3. The molecule has 0 spiro atoms. The lowest BCUT2D eigenvalue weighted by Gasteiger charge is -2.19. The van der Waals surface area contributed by atoms with Crippen molar-refractivity contribution in [1.82, 2.24) is 10.2 Å². The third kappa shape index (κ3) is 1.89. The molecule has 4 heteroatoms. The van der Waals surface area contributed by atoms with Gasteiger partial charge < -0.3 is 10.1 Å². The van der Waals surface area contributed by atoms with Crippen LogP contribution in [0.4, 0.5) is 4.79 Å². The van der Waals surface area contributed by atoms with Gasteiger partial charge in [-0.15, -0.1) is 0 Å². The molecular formula is C13H16N2O2. The Morgan fingerprint density at radius 2 is 2.35 bits per heavy atom. The Balaban J connectivity index is 1.78. The van der Waals surface area contributed by atoms with Gasteiger partial charge in [-0.25, -0.2) is 4.79 Å². The predicted octanol–water partition coefficient (Wildman–Crippen LogP) is 1.29. The Labute approximate surface area is 101 Å². The van der Waals surface area contributed by atoms with E-state index >= 15 is 0 Å². The number of nitrogens with zero attached hydrogens (tertiary/aromatic N) is 1. The van der Waals surface area contributed by atoms with Crippen molar-refractivity contribution in [3.63, 3.8) is 0 Å². The van der Waals surface area contributed by atoms with E-state index in [4.69, 9.17) is 4.74 Å². The number of ether oxygens (including phenoxy) is 1. The molecule has 0 aromatic heterocycles. The number of nitrogens with one attached hydrogen (secondary N) is 1. The van der Waals surface area contributed by atoms with E-state index in [1.165, 1.54) is 5.56 Å². The first kappa shape index (κ1) is 10.6. The molecule has 1 amide bonds. The van der Waals surface area contributed by atoms with Crippen molar-refractivity contribution in [3.8, 4) is 0 Å². The number of carbonyl (C=O) groups excluding carboxylic acids is 1. The normalized spacial score (nSPS) is 27.1. The maximum Gasteiger partial charge on any atom is 0.410 e. The van der Waals surface area contributed by atoms with Gasteiger partial charge in [-0.3, -0.25) is 4.90 Å². The number of amides is 1. The molecule has 90 valence electrons. The van der Waals surface area contributed by atoms with Crippen LogP contribution in [0, 0.1) is 6.92 Å². The van der Waals surface area contributed by atoms with Crippen LogP contribution in [0.15, 0.2) is 24.3 Å². The zero-order chi connectivity index (χ0) is 11.8. The molecule has 4 nitrogen and oxygen atoms in total. The van der Waals surface area contributed by atoms with Crippen molar-refractivity contribution in [2.45, 2.75) is 25.6 Å². The van der Waals surface area contributed by atoms with E-state index in [1.807, 2.05) is 11.0 Å². The molecule has 3 rings (SSSR count). The summed E-state index contributed by atoms with van der Waals surface area (Å²) < 4.78 is 5.32. The van der Waals surface area contributed by atoms with E-state index in [0.717, 1.165) is 18.7 Å². The SMILES string of the molecule is Cc1cccc(CN2C(=O)OC3CNCC32)c1. The third-order valence-corrected chi connectivity index (χ3v) is 3.45. The Morgan fingerprint density at radius 3 is 3.18 bits per heavy atom. The average molecular weight is 232 g/mol. The lowest BCUT2D eigenvalue weighted by Crippen LogP contribution is -2.36. The molecule has 0 bridgehead atoms. The average Bonchev–Trinajstić information content (AvgIpc) is 2.83. The lowest BCUT2D eigenvalue weighted by molar-refractivity contribution is 0.133. The molecule has 2 atom stereocenters. The second-order valence-corrected chi connectivity index (χ2v) is 4.76. The topological polar surface area (TPSA) is 41.6 Å². The summed E-state index contributed by atoms with van der Waals surface area (Å²) in [6.07, 6.45) is -0.143. The van der Waals surface area contributed by atoms with E-state index in [9.17, 15) is 4.79 Å². The summed E-state index contributed by atoms with van der Waals surface area (Å²) >= 11 is 0. The Morgan fingerprint density at radius 1 is 1.47 bits per heavy atom. The van der Waals surface area contributed by atoms with Crippen LogP contribution in [0.1, 0.15) is 11.1 Å². The summed E-state index contributed by atoms with van der Waals surface area (Å²) in [4.78, 5) is 13.6. The van der Waals surface area contributed by atoms with Crippen molar-refractivity contribution < 1.29 is 9.53 Å². The molecule has 0 aliphatic carbocycles. The van der Waals surface area contributed by atoms with Gasteiger partial charge in [0.25, 0.3) is 0 Å². The van der Waals surface area contributed by atoms with Crippen molar-refractivity contribution in [2.24, 2.45) is 0 Å². The quantitative estimate of drug-likeness (QED) is 0.835. The van der Waals surface area contributed by atoms with Gasteiger partial charge in [0, 0.05) is 19.6 Å². The van der Waals surface area contributed by atoms with Crippen LogP contribution in [0.5, 0.6) is 0 Å². The minimum atomic E-state index is -0.178. The Bertz CT molecular complexity index is 447. The first-order valence-corrected chi connectivity index (χ1v) is 5.97. The van der Waals surface area contributed by atoms with Crippen molar-refractivity contribution in [2.75, 3.05) is 13.1 Å². The maximum atomic E-state index is 11.8. The third-order valence-electron chi connectivity index (χ3n) is 3.45. The molecule has 2 aliphatic heterocycles. The largest absolute Gasteiger partial charge is 0.442 e. The molecule has 2 heterocycles. The van der Waals surface area contributed by atoms with E-state index in [0.29, 0.717) is 6.54 Å². The van der Waals surface area contributed by atoms with E-state index < -0.39 is 0 Å². The molecule has 2 aliphatic rings. The first-order chi connectivity index (χ1) is 8.24. The maximum absolute atomic E-state index is 11.8. The van der Waals surface area contributed by atoms with E-state index in [-0.39, 0.29) is 18.2 Å². The van der Waals surface area contributed by atoms with Gasteiger partial charge in [0.05, 0.1) is 6.04 Å². The molecule has 0 radical (unpaired) electrons.